The molecule has 3 N–H and O–H groups in total. The van der Waals surface area contributed by atoms with E-state index in [1.807, 2.05) is 0 Å². The first kappa shape index (κ1) is 13.9. The van der Waals surface area contributed by atoms with E-state index in [1.54, 1.807) is 6.92 Å². The Bertz CT molecular complexity index is 367. The zero-order valence-corrected chi connectivity index (χ0v) is 10.3. The van der Waals surface area contributed by atoms with E-state index in [0.29, 0.717) is 17.4 Å². The Morgan fingerprint density at radius 2 is 2.18 bits per heavy atom. The van der Waals surface area contributed by atoms with E-state index in [0.717, 1.165) is 11.5 Å². The fourth-order valence-electron chi connectivity index (χ4n) is 1.29. The highest BCUT2D eigenvalue weighted by atomic mass is 32.1. The lowest BCUT2D eigenvalue weighted by molar-refractivity contribution is -0.136. The van der Waals surface area contributed by atoms with Gasteiger partial charge in [0.15, 0.2) is 16.6 Å². The highest BCUT2D eigenvalue weighted by Crippen LogP contribution is 2.36. The molecule has 98 valence electrons. The summed E-state index contributed by atoms with van der Waals surface area (Å²) < 4.78 is 45.5. The molecular weight excluding hydrogens is 255 g/mol. The maximum atomic E-state index is 12.2. The molecule has 1 atom stereocenters. The number of nitrogens with zero attached hydrogens (tertiary/aromatic N) is 1. The molecule has 0 aliphatic rings. The molecule has 0 aliphatic carbocycles. The van der Waals surface area contributed by atoms with Crippen molar-refractivity contribution in [2.75, 3.05) is 17.7 Å². The van der Waals surface area contributed by atoms with Gasteiger partial charge in [0.05, 0.1) is 13.0 Å². The quantitative estimate of drug-likeness (QED) is 0.863. The van der Waals surface area contributed by atoms with Crippen molar-refractivity contribution in [3.8, 4) is 5.75 Å². The van der Waals surface area contributed by atoms with Gasteiger partial charge in [0.2, 0.25) is 0 Å². The third-order valence-corrected chi connectivity index (χ3v) is 2.65. The van der Waals surface area contributed by atoms with E-state index in [-0.39, 0.29) is 5.82 Å². The van der Waals surface area contributed by atoms with Crippen molar-refractivity contribution in [3.05, 3.63) is 0 Å². The lowest BCUT2D eigenvalue weighted by atomic mass is 10.2. The second-order valence-corrected chi connectivity index (χ2v) is 4.30. The minimum absolute atomic E-state index is 0.193. The summed E-state index contributed by atoms with van der Waals surface area (Å²) in [7, 11) is 0. The van der Waals surface area contributed by atoms with Crippen LogP contribution < -0.4 is 15.8 Å². The summed E-state index contributed by atoms with van der Waals surface area (Å²) >= 11 is 0.992. The number of alkyl halides is 3. The van der Waals surface area contributed by atoms with Crippen molar-refractivity contribution >= 4 is 22.4 Å². The number of hydrogen-bond acceptors (Lipinski definition) is 5. The maximum absolute atomic E-state index is 12.2. The number of aromatic nitrogens is 1. The van der Waals surface area contributed by atoms with E-state index in [1.165, 1.54) is 6.92 Å². The molecule has 1 heterocycles. The highest BCUT2D eigenvalue weighted by molar-refractivity contribution is 7.11. The lowest BCUT2D eigenvalue weighted by Gasteiger charge is -2.16. The summed E-state index contributed by atoms with van der Waals surface area (Å²) in [6.45, 7) is 3.59. The van der Waals surface area contributed by atoms with Crippen LogP contribution in [0.5, 0.6) is 5.75 Å². The molecule has 0 aliphatic heterocycles. The Morgan fingerprint density at radius 1 is 1.53 bits per heavy atom. The number of hydrogen-bond donors (Lipinski definition) is 2. The van der Waals surface area contributed by atoms with Gasteiger partial charge in [0.1, 0.15) is 0 Å². The van der Waals surface area contributed by atoms with Crippen molar-refractivity contribution in [2.45, 2.75) is 32.5 Å². The lowest BCUT2D eigenvalue weighted by Crippen LogP contribution is -2.23. The van der Waals surface area contributed by atoms with Gasteiger partial charge in [-0.25, -0.2) is 0 Å². The number of ether oxygens (including phenoxy) is 1. The molecular formula is C9H14F3N3OS. The van der Waals surface area contributed by atoms with Gasteiger partial charge in [-0.15, -0.1) is 0 Å². The molecule has 0 fully saturated rings. The van der Waals surface area contributed by atoms with Crippen molar-refractivity contribution in [1.82, 2.24) is 4.37 Å². The largest absolute Gasteiger partial charge is 0.487 e. The predicted octanol–water partition coefficient (Wildman–Crippen LogP) is 2.88. The van der Waals surface area contributed by atoms with E-state index in [2.05, 4.69) is 9.69 Å². The van der Waals surface area contributed by atoms with Crippen molar-refractivity contribution in [1.29, 1.82) is 0 Å². The first-order valence-corrected chi connectivity index (χ1v) is 5.82. The van der Waals surface area contributed by atoms with Crippen molar-refractivity contribution in [3.63, 3.8) is 0 Å². The van der Waals surface area contributed by atoms with Gasteiger partial charge in [0, 0.05) is 6.04 Å². The minimum atomic E-state index is -4.20. The van der Waals surface area contributed by atoms with Crippen molar-refractivity contribution in [2.24, 2.45) is 0 Å². The standard InChI is InChI=1S/C9H14F3N3OS/c1-3-16-6-7(13)15-17-8(6)14-5(2)4-9(10,11)12/h5,14H,3-4H2,1-2H3,(H2,13,15). The molecule has 8 heteroatoms. The van der Waals surface area contributed by atoms with Crippen LogP contribution in [0.25, 0.3) is 0 Å². The molecule has 1 aromatic heterocycles. The Labute approximate surface area is 101 Å². The van der Waals surface area contributed by atoms with Crippen LogP contribution in [0.15, 0.2) is 0 Å². The topological polar surface area (TPSA) is 60.2 Å². The van der Waals surface area contributed by atoms with Gasteiger partial charge in [-0.1, -0.05) is 0 Å². The van der Waals surface area contributed by atoms with E-state index >= 15 is 0 Å². The fourth-order valence-corrected chi connectivity index (χ4v) is 2.06. The Balaban J connectivity index is 2.68. The molecule has 17 heavy (non-hydrogen) atoms. The van der Waals surface area contributed by atoms with E-state index in [4.69, 9.17) is 10.5 Å². The Kier molecular flexibility index (Phi) is 4.44. The smallest absolute Gasteiger partial charge is 0.391 e. The van der Waals surface area contributed by atoms with Crippen molar-refractivity contribution < 1.29 is 17.9 Å². The number of nitrogens with two attached hydrogens (primary N) is 1. The molecule has 0 spiro atoms. The predicted molar refractivity (Wildman–Crippen MR) is 61.5 cm³/mol. The van der Waals surface area contributed by atoms with E-state index < -0.39 is 18.6 Å². The van der Waals surface area contributed by atoms with Gasteiger partial charge in [-0.05, 0) is 25.4 Å². The van der Waals surface area contributed by atoms with Gasteiger partial charge in [-0.2, -0.15) is 17.5 Å². The number of nitrogens with one attached hydrogen (secondary N) is 1. The molecule has 0 bridgehead atoms. The monoisotopic (exact) mass is 269 g/mol. The normalized spacial score (nSPS) is 13.5. The van der Waals surface area contributed by atoms with Crippen LogP contribution >= 0.6 is 11.5 Å². The Hall–Kier alpha value is -1.18. The average Bonchev–Trinajstić information content (AvgIpc) is 2.47. The third kappa shape index (κ3) is 4.29. The van der Waals surface area contributed by atoms with Crippen LogP contribution in [0, 0.1) is 0 Å². The van der Waals surface area contributed by atoms with Gasteiger partial charge < -0.3 is 15.8 Å². The van der Waals surface area contributed by atoms with Gasteiger partial charge in [-0.3, -0.25) is 0 Å². The van der Waals surface area contributed by atoms with Crippen LogP contribution in [-0.2, 0) is 0 Å². The molecule has 1 rings (SSSR count). The van der Waals surface area contributed by atoms with Crippen LogP contribution in [0.1, 0.15) is 20.3 Å². The summed E-state index contributed by atoms with van der Waals surface area (Å²) in [6.07, 6.45) is -5.12. The van der Waals surface area contributed by atoms with Gasteiger partial charge >= 0.3 is 6.18 Å². The number of rotatable bonds is 5. The second kappa shape index (κ2) is 5.44. The minimum Gasteiger partial charge on any atom is -0.487 e. The fraction of sp³-hybridized carbons (Fsp3) is 0.667. The van der Waals surface area contributed by atoms with E-state index in [9.17, 15) is 13.2 Å². The molecule has 0 radical (unpaired) electrons. The van der Waals surface area contributed by atoms with Crippen LogP contribution in [0.3, 0.4) is 0 Å². The first-order valence-electron chi connectivity index (χ1n) is 5.04. The number of nitrogen functional groups attached to an aromatic ring is 1. The molecule has 0 saturated heterocycles. The molecule has 0 amide bonds. The molecule has 4 nitrogen and oxygen atoms in total. The Morgan fingerprint density at radius 3 is 2.71 bits per heavy atom. The summed E-state index contributed by atoms with van der Waals surface area (Å²) in [5.41, 5.74) is 5.54. The molecule has 1 unspecified atom stereocenters. The third-order valence-electron chi connectivity index (χ3n) is 1.88. The molecule has 0 aromatic carbocycles. The zero-order valence-electron chi connectivity index (χ0n) is 9.47. The summed E-state index contributed by atoms with van der Waals surface area (Å²) in [5, 5.41) is 3.14. The SMILES string of the molecule is CCOc1c(N)nsc1NC(C)CC(F)(F)F. The molecule has 0 saturated carbocycles. The summed E-state index contributed by atoms with van der Waals surface area (Å²) in [5.74, 6) is 0.519. The summed E-state index contributed by atoms with van der Waals surface area (Å²) in [4.78, 5) is 0. The van der Waals surface area contributed by atoms with Crippen LogP contribution in [-0.4, -0.2) is 23.2 Å². The maximum Gasteiger partial charge on any atom is 0.391 e. The second-order valence-electron chi connectivity index (χ2n) is 3.52. The summed E-state index contributed by atoms with van der Waals surface area (Å²) in [6, 6.07) is -0.756. The van der Waals surface area contributed by atoms with Crippen LogP contribution in [0.2, 0.25) is 0 Å². The molecule has 1 aromatic rings. The van der Waals surface area contributed by atoms with Crippen LogP contribution in [0.4, 0.5) is 24.0 Å². The number of anilines is 2. The first-order chi connectivity index (χ1) is 7.83. The number of halogens is 3. The highest BCUT2D eigenvalue weighted by Gasteiger charge is 2.30. The zero-order chi connectivity index (χ0) is 13.1. The van der Waals surface area contributed by atoms with Gasteiger partial charge in [0.25, 0.3) is 0 Å². The average molecular weight is 269 g/mol.